The standard InChI is InChI=1S/C25H15O/c1-3-11-19-17(9-1)18-10-2-4-12-20(18)25(19)21-13-5-7-15-23(21)26-24-16-8-6-14-22(24)25/h1,3-16H. The SMILES string of the molecule is [c]1ccc2c(c1)-c1ccccc1C21c2ccccc2Oc2ccccc21. The summed E-state index contributed by atoms with van der Waals surface area (Å²) in [5, 5.41) is 0. The van der Waals surface area contributed by atoms with E-state index < -0.39 is 0 Å². The minimum Gasteiger partial charge on any atom is -0.457 e. The third-order valence-electron chi connectivity index (χ3n) is 5.69. The summed E-state index contributed by atoms with van der Waals surface area (Å²) < 4.78 is 6.29. The van der Waals surface area contributed by atoms with Gasteiger partial charge in [-0.3, -0.25) is 0 Å². The summed E-state index contributed by atoms with van der Waals surface area (Å²) in [6.45, 7) is 0. The molecule has 121 valence electrons. The molecule has 1 heterocycles. The zero-order valence-corrected chi connectivity index (χ0v) is 14.1. The lowest BCUT2D eigenvalue weighted by Gasteiger charge is -2.39. The summed E-state index contributed by atoms with van der Waals surface area (Å²) in [6.07, 6.45) is 0. The van der Waals surface area contributed by atoms with Crippen molar-refractivity contribution in [3.63, 3.8) is 0 Å². The molecule has 26 heavy (non-hydrogen) atoms. The van der Waals surface area contributed by atoms with E-state index in [0.29, 0.717) is 0 Å². The summed E-state index contributed by atoms with van der Waals surface area (Å²) in [6, 6.07) is 35.2. The van der Waals surface area contributed by atoms with Crippen LogP contribution in [0.1, 0.15) is 22.3 Å². The van der Waals surface area contributed by atoms with Crippen LogP contribution in [-0.2, 0) is 5.41 Å². The van der Waals surface area contributed by atoms with Gasteiger partial charge in [0.1, 0.15) is 11.5 Å². The first-order valence-electron chi connectivity index (χ1n) is 8.88. The number of ether oxygens (including phenoxy) is 1. The fourth-order valence-corrected chi connectivity index (χ4v) is 4.75. The Morgan fingerprint density at radius 3 is 1.88 bits per heavy atom. The predicted octanol–water partition coefficient (Wildman–Crippen LogP) is 5.96. The van der Waals surface area contributed by atoms with Crippen LogP contribution in [0.4, 0.5) is 0 Å². The molecule has 1 aliphatic heterocycles. The molecule has 0 atom stereocenters. The molecule has 2 aliphatic rings. The monoisotopic (exact) mass is 331 g/mol. The molecule has 6 rings (SSSR count). The van der Waals surface area contributed by atoms with Crippen molar-refractivity contribution >= 4 is 0 Å². The first kappa shape index (κ1) is 13.9. The minimum atomic E-state index is -0.341. The van der Waals surface area contributed by atoms with Crippen LogP contribution in [0.5, 0.6) is 11.5 Å². The van der Waals surface area contributed by atoms with Crippen molar-refractivity contribution in [1.82, 2.24) is 0 Å². The van der Waals surface area contributed by atoms with Crippen molar-refractivity contribution in [2.75, 3.05) is 0 Å². The van der Waals surface area contributed by atoms with Gasteiger partial charge >= 0.3 is 0 Å². The van der Waals surface area contributed by atoms with Gasteiger partial charge in [0.2, 0.25) is 0 Å². The Balaban J connectivity index is 1.87. The molecule has 1 nitrogen and oxygen atoms in total. The van der Waals surface area contributed by atoms with Gasteiger partial charge in [-0.1, -0.05) is 72.8 Å². The van der Waals surface area contributed by atoms with Crippen LogP contribution in [0.25, 0.3) is 11.1 Å². The molecule has 4 aromatic rings. The lowest BCUT2D eigenvalue weighted by atomic mass is 9.66. The van der Waals surface area contributed by atoms with E-state index in [9.17, 15) is 0 Å². The van der Waals surface area contributed by atoms with Crippen molar-refractivity contribution in [3.05, 3.63) is 119 Å². The summed E-state index contributed by atoms with van der Waals surface area (Å²) in [5.41, 5.74) is 7.23. The van der Waals surface area contributed by atoms with E-state index in [1.54, 1.807) is 0 Å². The Bertz CT molecular complexity index is 1080. The Kier molecular flexibility index (Phi) is 2.60. The van der Waals surface area contributed by atoms with E-state index in [1.165, 1.54) is 33.4 Å². The molecule has 4 aromatic carbocycles. The van der Waals surface area contributed by atoms with Gasteiger partial charge in [0.25, 0.3) is 0 Å². The number of fused-ring (bicyclic) bond motifs is 9. The molecule has 1 radical (unpaired) electrons. The molecule has 0 aromatic heterocycles. The quantitative estimate of drug-likeness (QED) is 0.334. The van der Waals surface area contributed by atoms with Crippen molar-refractivity contribution in [2.45, 2.75) is 5.41 Å². The molecular weight excluding hydrogens is 316 g/mol. The minimum absolute atomic E-state index is 0.341. The van der Waals surface area contributed by atoms with E-state index in [1.807, 2.05) is 18.2 Å². The molecule has 1 heteroatoms. The van der Waals surface area contributed by atoms with Crippen LogP contribution in [-0.4, -0.2) is 0 Å². The van der Waals surface area contributed by atoms with E-state index in [4.69, 9.17) is 4.74 Å². The first-order valence-corrected chi connectivity index (χ1v) is 8.88. The second kappa shape index (κ2) is 4.86. The maximum atomic E-state index is 6.29. The van der Waals surface area contributed by atoms with Crippen LogP contribution < -0.4 is 4.74 Å². The van der Waals surface area contributed by atoms with Gasteiger partial charge in [0, 0.05) is 11.1 Å². The highest BCUT2D eigenvalue weighted by molar-refractivity contribution is 5.88. The van der Waals surface area contributed by atoms with Crippen molar-refractivity contribution < 1.29 is 4.74 Å². The molecule has 0 bridgehead atoms. The molecule has 0 amide bonds. The van der Waals surface area contributed by atoms with Gasteiger partial charge in [-0.05, 0) is 46.5 Å². The van der Waals surface area contributed by atoms with Crippen LogP contribution in [0.2, 0.25) is 0 Å². The number of benzene rings is 4. The summed E-state index contributed by atoms with van der Waals surface area (Å²) >= 11 is 0. The van der Waals surface area contributed by atoms with Gasteiger partial charge in [-0.15, -0.1) is 0 Å². The van der Waals surface area contributed by atoms with Gasteiger partial charge in [-0.25, -0.2) is 0 Å². The zero-order valence-electron chi connectivity index (χ0n) is 14.1. The maximum absolute atomic E-state index is 6.29. The number of hydrogen-bond acceptors (Lipinski definition) is 1. The van der Waals surface area contributed by atoms with Crippen LogP contribution in [0.15, 0.2) is 91.0 Å². The predicted molar refractivity (Wildman–Crippen MR) is 103 cm³/mol. The van der Waals surface area contributed by atoms with E-state index in [2.05, 4.69) is 78.9 Å². The highest BCUT2D eigenvalue weighted by Gasteiger charge is 2.50. The first-order chi connectivity index (χ1) is 12.9. The molecule has 1 aliphatic carbocycles. The molecule has 0 saturated carbocycles. The van der Waals surface area contributed by atoms with Gasteiger partial charge in [-0.2, -0.15) is 0 Å². The second-order valence-corrected chi connectivity index (χ2v) is 6.86. The summed E-state index contributed by atoms with van der Waals surface area (Å²) in [5.74, 6) is 1.86. The second-order valence-electron chi connectivity index (χ2n) is 6.86. The van der Waals surface area contributed by atoms with Crippen LogP contribution in [0, 0.1) is 6.07 Å². The van der Waals surface area contributed by atoms with E-state index in [-0.39, 0.29) is 5.41 Å². The molecule has 0 unspecified atom stereocenters. The Labute approximate surface area is 152 Å². The highest BCUT2D eigenvalue weighted by Crippen LogP contribution is 2.61. The Hall–Kier alpha value is -3.32. The topological polar surface area (TPSA) is 9.23 Å². The van der Waals surface area contributed by atoms with Crippen molar-refractivity contribution in [2.24, 2.45) is 0 Å². The molecular formula is C25H15O. The average Bonchev–Trinajstić information content (AvgIpc) is 3.00. The van der Waals surface area contributed by atoms with Crippen molar-refractivity contribution in [3.8, 4) is 22.6 Å². The van der Waals surface area contributed by atoms with Crippen LogP contribution >= 0.6 is 0 Å². The van der Waals surface area contributed by atoms with Gasteiger partial charge in [0.05, 0.1) is 5.41 Å². The van der Waals surface area contributed by atoms with Gasteiger partial charge < -0.3 is 4.74 Å². The zero-order chi connectivity index (χ0) is 17.1. The van der Waals surface area contributed by atoms with E-state index >= 15 is 0 Å². The Morgan fingerprint density at radius 1 is 0.577 bits per heavy atom. The third-order valence-corrected chi connectivity index (χ3v) is 5.69. The van der Waals surface area contributed by atoms with Gasteiger partial charge in [0.15, 0.2) is 0 Å². The number of rotatable bonds is 0. The average molecular weight is 331 g/mol. The normalized spacial score (nSPS) is 14.8. The maximum Gasteiger partial charge on any atom is 0.132 e. The Morgan fingerprint density at radius 2 is 1.15 bits per heavy atom. The molecule has 1 spiro atoms. The van der Waals surface area contributed by atoms with E-state index in [0.717, 1.165) is 11.5 Å². The molecule has 0 saturated heterocycles. The van der Waals surface area contributed by atoms with Crippen LogP contribution in [0.3, 0.4) is 0 Å². The third kappa shape index (κ3) is 1.52. The highest BCUT2D eigenvalue weighted by atomic mass is 16.5. The number of hydrogen-bond donors (Lipinski definition) is 0. The lowest BCUT2D eigenvalue weighted by molar-refractivity contribution is 0.436. The van der Waals surface area contributed by atoms with Crippen molar-refractivity contribution in [1.29, 1.82) is 0 Å². The lowest BCUT2D eigenvalue weighted by Crippen LogP contribution is -2.32. The molecule has 0 fully saturated rings. The fourth-order valence-electron chi connectivity index (χ4n) is 4.75. The fraction of sp³-hybridized carbons (Fsp3) is 0.0400. The summed E-state index contributed by atoms with van der Waals surface area (Å²) in [7, 11) is 0. The number of para-hydroxylation sites is 2. The summed E-state index contributed by atoms with van der Waals surface area (Å²) in [4.78, 5) is 0. The largest absolute Gasteiger partial charge is 0.457 e. The smallest absolute Gasteiger partial charge is 0.132 e. The molecule has 0 N–H and O–H groups in total.